The number of thiol groups is 2. The molecule has 33 heavy (non-hydrogen) atoms. The summed E-state index contributed by atoms with van der Waals surface area (Å²) in [6.45, 7) is 0. The summed E-state index contributed by atoms with van der Waals surface area (Å²) in [7, 11) is 0. The molecule has 12 nitrogen and oxygen atoms in total. The van der Waals surface area contributed by atoms with Crippen LogP contribution < -0.4 is 27.4 Å². The Morgan fingerprint density at radius 3 is 1.82 bits per heavy atom. The number of primary amides is 1. The van der Waals surface area contributed by atoms with Gasteiger partial charge in [0.2, 0.25) is 23.6 Å². The number of aliphatic carboxylic acids is 1. The van der Waals surface area contributed by atoms with E-state index in [1.165, 1.54) is 12.1 Å². The molecule has 0 aliphatic carbocycles. The molecule has 4 amide bonds. The lowest BCUT2D eigenvalue weighted by Crippen LogP contribution is -2.58. The van der Waals surface area contributed by atoms with E-state index in [9.17, 15) is 29.1 Å². The SMILES string of the molecule is NC(=O)CC(NC(=O)C(N)Cc1ccc(O)cc1)C(=O)NC(CS)C(=O)NC(CS)C(=O)O. The minimum absolute atomic E-state index is 0.0433. The van der Waals surface area contributed by atoms with E-state index in [4.69, 9.17) is 16.6 Å². The summed E-state index contributed by atoms with van der Waals surface area (Å²) in [5.41, 5.74) is 11.7. The van der Waals surface area contributed by atoms with Crippen LogP contribution in [0.15, 0.2) is 24.3 Å². The number of nitrogens with one attached hydrogen (secondary N) is 3. The number of hydrogen-bond acceptors (Lipinski definition) is 9. The molecule has 0 aromatic heterocycles. The van der Waals surface area contributed by atoms with Crippen LogP contribution in [0.5, 0.6) is 5.75 Å². The van der Waals surface area contributed by atoms with E-state index in [-0.39, 0.29) is 23.7 Å². The van der Waals surface area contributed by atoms with Gasteiger partial charge < -0.3 is 37.6 Å². The average molecular weight is 502 g/mol. The van der Waals surface area contributed by atoms with Gasteiger partial charge in [0.25, 0.3) is 0 Å². The van der Waals surface area contributed by atoms with Gasteiger partial charge in [-0.2, -0.15) is 25.3 Å². The molecule has 9 N–H and O–H groups in total. The lowest BCUT2D eigenvalue weighted by atomic mass is 10.0. The van der Waals surface area contributed by atoms with Crippen molar-refractivity contribution in [3.63, 3.8) is 0 Å². The number of carbonyl (C=O) groups excluding carboxylic acids is 4. The van der Waals surface area contributed by atoms with Crippen molar-refractivity contribution < 1.29 is 34.2 Å². The molecule has 14 heteroatoms. The Balaban J connectivity index is 2.84. The predicted octanol–water partition coefficient (Wildman–Crippen LogP) is -2.46. The van der Waals surface area contributed by atoms with Gasteiger partial charge in [-0.1, -0.05) is 12.1 Å². The van der Waals surface area contributed by atoms with Gasteiger partial charge in [0.1, 0.15) is 23.9 Å². The van der Waals surface area contributed by atoms with Crippen molar-refractivity contribution in [2.45, 2.75) is 37.0 Å². The summed E-state index contributed by atoms with van der Waals surface area (Å²) in [6.07, 6.45) is -0.488. The number of aromatic hydroxyl groups is 1. The normalized spacial score (nSPS) is 14.3. The van der Waals surface area contributed by atoms with Crippen molar-refractivity contribution in [2.24, 2.45) is 11.5 Å². The van der Waals surface area contributed by atoms with E-state index in [1.54, 1.807) is 12.1 Å². The van der Waals surface area contributed by atoms with Gasteiger partial charge in [0, 0.05) is 11.5 Å². The fourth-order valence-corrected chi connectivity index (χ4v) is 3.10. The van der Waals surface area contributed by atoms with Gasteiger partial charge in [0.05, 0.1) is 12.5 Å². The van der Waals surface area contributed by atoms with Crippen LogP contribution in [0.3, 0.4) is 0 Å². The van der Waals surface area contributed by atoms with Crippen LogP contribution >= 0.6 is 25.3 Å². The van der Waals surface area contributed by atoms with Crippen LogP contribution in [0, 0.1) is 0 Å². The Morgan fingerprint density at radius 2 is 1.33 bits per heavy atom. The van der Waals surface area contributed by atoms with Gasteiger partial charge >= 0.3 is 5.97 Å². The third-order valence-electron chi connectivity index (χ3n) is 4.38. The van der Waals surface area contributed by atoms with E-state index in [2.05, 4.69) is 41.2 Å². The number of carboxylic acid groups (broad SMARTS) is 1. The van der Waals surface area contributed by atoms with Gasteiger partial charge in [0.15, 0.2) is 0 Å². The van der Waals surface area contributed by atoms with Gasteiger partial charge in [-0.15, -0.1) is 0 Å². The first-order valence-electron chi connectivity index (χ1n) is 9.65. The highest BCUT2D eigenvalue weighted by atomic mass is 32.1. The third-order valence-corrected chi connectivity index (χ3v) is 5.11. The maximum atomic E-state index is 12.6. The first kappa shape index (κ1) is 28.1. The van der Waals surface area contributed by atoms with E-state index < -0.39 is 60.2 Å². The molecule has 0 heterocycles. The standard InChI is InChI=1S/C19H27N5O7S2/c20-11(5-9-1-3-10(25)4-2-9)16(27)22-12(6-15(21)26)17(28)23-13(7-32)18(29)24-14(8-33)19(30)31/h1-4,11-14,25,32-33H,5-8,20H2,(H2,21,26)(H,22,27)(H,23,28)(H,24,29)(H,30,31). The zero-order valence-electron chi connectivity index (χ0n) is 17.4. The zero-order chi connectivity index (χ0) is 25.1. The molecule has 0 aliphatic heterocycles. The molecule has 4 unspecified atom stereocenters. The molecule has 0 radical (unpaired) electrons. The van der Waals surface area contributed by atoms with Crippen LogP contribution in [0.4, 0.5) is 0 Å². The Morgan fingerprint density at radius 1 is 0.848 bits per heavy atom. The Labute approximate surface area is 200 Å². The molecule has 0 saturated heterocycles. The minimum atomic E-state index is -1.43. The first-order valence-corrected chi connectivity index (χ1v) is 10.9. The molecule has 4 atom stereocenters. The monoisotopic (exact) mass is 501 g/mol. The van der Waals surface area contributed by atoms with E-state index in [0.29, 0.717) is 5.56 Å². The average Bonchev–Trinajstić information content (AvgIpc) is 2.75. The molecular weight excluding hydrogens is 474 g/mol. The molecule has 1 rings (SSSR count). The molecule has 0 fully saturated rings. The fourth-order valence-electron chi connectivity index (χ4n) is 2.59. The minimum Gasteiger partial charge on any atom is -0.508 e. The quantitative estimate of drug-likeness (QED) is 0.132. The van der Waals surface area contributed by atoms with Crippen LogP contribution in [-0.2, 0) is 30.4 Å². The summed E-state index contributed by atoms with van der Waals surface area (Å²) in [6, 6.07) is 0.912. The number of nitrogens with two attached hydrogens (primary N) is 2. The number of amides is 4. The molecule has 1 aromatic rings. The van der Waals surface area contributed by atoms with Crippen LogP contribution in [0.25, 0.3) is 0 Å². The lowest BCUT2D eigenvalue weighted by Gasteiger charge is -2.23. The maximum Gasteiger partial charge on any atom is 0.327 e. The third kappa shape index (κ3) is 9.59. The number of hydrogen-bond donors (Lipinski definition) is 9. The van der Waals surface area contributed by atoms with Gasteiger partial charge in [-0.25, -0.2) is 4.79 Å². The molecule has 1 aromatic carbocycles. The summed E-state index contributed by atoms with van der Waals surface area (Å²) in [5.74, 6) is -5.06. The molecule has 0 spiro atoms. The van der Waals surface area contributed by atoms with Crippen molar-refractivity contribution in [2.75, 3.05) is 11.5 Å². The molecule has 0 bridgehead atoms. The lowest BCUT2D eigenvalue weighted by molar-refractivity contribution is -0.141. The van der Waals surface area contributed by atoms with Crippen molar-refractivity contribution in [3.8, 4) is 5.75 Å². The van der Waals surface area contributed by atoms with Gasteiger partial charge in [-0.05, 0) is 24.1 Å². The van der Waals surface area contributed by atoms with Crippen LogP contribution in [0.1, 0.15) is 12.0 Å². The predicted molar refractivity (Wildman–Crippen MR) is 125 cm³/mol. The largest absolute Gasteiger partial charge is 0.508 e. The van der Waals surface area contributed by atoms with E-state index in [1.807, 2.05) is 0 Å². The Hall–Kier alpha value is -2.97. The Kier molecular flexibility index (Phi) is 11.5. The second kappa shape index (κ2) is 13.5. The fraction of sp³-hybridized carbons (Fsp3) is 0.421. The molecule has 0 saturated carbocycles. The second-order valence-corrected chi connectivity index (χ2v) is 7.76. The summed E-state index contributed by atoms with van der Waals surface area (Å²) in [4.78, 5) is 59.9. The number of carbonyl (C=O) groups is 5. The van der Waals surface area contributed by atoms with E-state index >= 15 is 0 Å². The number of benzene rings is 1. The highest BCUT2D eigenvalue weighted by Crippen LogP contribution is 2.11. The maximum absolute atomic E-state index is 12.6. The second-order valence-electron chi connectivity index (χ2n) is 7.03. The number of rotatable bonds is 13. The van der Waals surface area contributed by atoms with Crippen LogP contribution in [0.2, 0.25) is 0 Å². The summed E-state index contributed by atoms with van der Waals surface area (Å²) >= 11 is 7.82. The smallest absolute Gasteiger partial charge is 0.327 e. The highest BCUT2D eigenvalue weighted by Gasteiger charge is 2.30. The molecule has 0 aliphatic rings. The number of carboxylic acids is 1. The summed E-state index contributed by atoms with van der Waals surface area (Å²) in [5, 5.41) is 25.2. The molecule has 182 valence electrons. The first-order chi connectivity index (χ1) is 15.5. The highest BCUT2D eigenvalue weighted by molar-refractivity contribution is 7.80. The van der Waals surface area contributed by atoms with Gasteiger partial charge in [-0.3, -0.25) is 19.2 Å². The topological polar surface area (TPSA) is 214 Å². The summed E-state index contributed by atoms with van der Waals surface area (Å²) < 4.78 is 0. The number of phenols is 1. The molecular formula is C19H27N5O7S2. The van der Waals surface area contributed by atoms with Crippen molar-refractivity contribution in [1.29, 1.82) is 0 Å². The number of phenolic OH excluding ortho intramolecular Hbond substituents is 1. The Bertz CT molecular complexity index is 869. The van der Waals surface area contributed by atoms with E-state index in [0.717, 1.165) is 0 Å². The zero-order valence-corrected chi connectivity index (χ0v) is 19.2. The van der Waals surface area contributed by atoms with Crippen LogP contribution in [-0.4, -0.2) is 75.5 Å². The van der Waals surface area contributed by atoms with Crippen molar-refractivity contribution >= 4 is 54.9 Å². The van der Waals surface area contributed by atoms with Crippen molar-refractivity contribution in [3.05, 3.63) is 29.8 Å². The van der Waals surface area contributed by atoms with Crippen molar-refractivity contribution in [1.82, 2.24) is 16.0 Å².